The summed E-state index contributed by atoms with van der Waals surface area (Å²) in [4.78, 5) is 0. The van der Waals surface area contributed by atoms with Gasteiger partial charge in [0.15, 0.2) is 5.03 Å². The van der Waals surface area contributed by atoms with Crippen LogP contribution in [-0.2, 0) is 16.6 Å². The summed E-state index contributed by atoms with van der Waals surface area (Å²) in [6.07, 6.45) is 1.27. The summed E-state index contributed by atoms with van der Waals surface area (Å²) in [5.41, 5.74) is 1.41. The zero-order valence-corrected chi connectivity index (χ0v) is 11.9. The van der Waals surface area contributed by atoms with Crippen LogP contribution >= 0.6 is 0 Å². The number of aliphatic hydroxyl groups excluding tert-OH is 1. The molecule has 0 aliphatic heterocycles. The van der Waals surface area contributed by atoms with Gasteiger partial charge >= 0.3 is 0 Å². The van der Waals surface area contributed by atoms with Crippen molar-refractivity contribution in [2.45, 2.75) is 18.6 Å². The van der Waals surface area contributed by atoms with Crippen LogP contribution in [0.2, 0.25) is 0 Å². The number of aryl methyl sites for hydroxylation is 1. The van der Waals surface area contributed by atoms with Crippen molar-refractivity contribution >= 4 is 15.7 Å². The molecule has 0 saturated heterocycles. The van der Waals surface area contributed by atoms with Crippen molar-refractivity contribution in [3.8, 4) is 5.75 Å². The van der Waals surface area contributed by atoms with Crippen molar-refractivity contribution in [1.82, 2.24) is 10.2 Å². The Labute approximate surface area is 116 Å². The van der Waals surface area contributed by atoms with E-state index in [1.807, 2.05) is 13.0 Å². The third-order valence-electron chi connectivity index (χ3n) is 2.72. The zero-order valence-electron chi connectivity index (χ0n) is 11.0. The number of benzene rings is 1. The Morgan fingerprint density at radius 1 is 1.45 bits per heavy atom. The van der Waals surface area contributed by atoms with Crippen LogP contribution < -0.4 is 9.46 Å². The molecule has 108 valence electrons. The molecule has 0 saturated carbocycles. The highest BCUT2D eigenvalue weighted by atomic mass is 32.2. The van der Waals surface area contributed by atoms with Crippen LogP contribution in [0.15, 0.2) is 29.4 Å². The van der Waals surface area contributed by atoms with Crippen LogP contribution in [0.3, 0.4) is 0 Å². The van der Waals surface area contributed by atoms with Crippen LogP contribution in [0.4, 0.5) is 5.69 Å². The number of anilines is 1. The Balaban J connectivity index is 2.41. The minimum Gasteiger partial charge on any atom is -0.495 e. The summed E-state index contributed by atoms with van der Waals surface area (Å²) in [5.74, 6) is 0.407. The van der Waals surface area contributed by atoms with E-state index in [4.69, 9.17) is 9.84 Å². The number of ether oxygens (including phenoxy) is 1. The highest BCUT2D eigenvalue weighted by molar-refractivity contribution is 7.92. The van der Waals surface area contributed by atoms with Gasteiger partial charge in [-0.1, -0.05) is 6.07 Å². The minimum absolute atomic E-state index is 0.163. The Morgan fingerprint density at radius 3 is 2.85 bits per heavy atom. The van der Waals surface area contributed by atoms with Crippen molar-refractivity contribution in [2.24, 2.45) is 0 Å². The molecule has 0 radical (unpaired) electrons. The molecule has 0 unspecified atom stereocenters. The van der Waals surface area contributed by atoms with E-state index < -0.39 is 16.6 Å². The summed E-state index contributed by atoms with van der Waals surface area (Å²) in [7, 11) is -2.41. The van der Waals surface area contributed by atoms with Crippen molar-refractivity contribution in [1.29, 1.82) is 0 Å². The van der Waals surface area contributed by atoms with Gasteiger partial charge in [0.1, 0.15) is 5.75 Å². The van der Waals surface area contributed by atoms with E-state index >= 15 is 0 Å². The summed E-state index contributed by atoms with van der Waals surface area (Å²) < 4.78 is 32.1. The lowest BCUT2D eigenvalue weighted by atomic mass is 10.2. The van der Waals surface area contributed by atoms with E-state index in [1.165, 1.54) is 13.3 Å². The number of nitrogens with one attached hydrogen (secondary N) is 2. The lowest BCUT2D eigenvalue weighted by Gasteiger charge is -2.12. The highest BCUT2D eigenvalue weighted by Gasteiger charge is 2.22. The van der Waals surface area contributed by atoms with Gasteiger partial charge in [0, 0.05) is 5.56 Å². The van der Waals surface area contributed by atoms with Gasteiger partial charge in [-0.15, -0.1) is 0 Å². The first-order chi connectivity index (χ1) is 9.47. The molecule has 20 heavy (non-hydrogen) atoms. The molecule has 0 aliphatic rings. The maximum atomic E-state index is 12.3. The van der Waals surface area contributed by atoms with Crippen LogP contribution in [0.25, 0.3) is 0 Å². The largest absolute Gasteiger partial charge is 0.495 e. The number of methoxy groups -OCH3 is 1. The van der Waals surface area contributed by atoms with Gasteiger partial charge in [-0.3, -0.25) is 9.82 Å². The van der Waals surface area contributed by atoms with E-state index in [1.54, 1.807) is 12.1 Å². The summed E-state index contributed by atoms with van der Waals surface area (Å²) in [5, 5.41) is 14.9. The molecule has 1 aromatic carbocycles. The first kappa shape index (κ1) is 14.4. The van der Waals surface area contributed by atoms with Gasteiger partial charge in [-0.25, -0.2) is 0 Å². The monoisotopic (exact) mass is 297 g/mol. The number of H-pyrrole nitrogens is 1. The fraction of sp³-hybridized carbons (Fsp3) is 0.250. The van der Waals surface area contributed by atoms with Crippen molar-refractivity contribution in [3.63, 3.8) is 0 Å². The normalized spacial score (nSPS) is 11.3. The molecule has 1 heterocycles. The number of hydrogen-bond donors (Lipinski definition) is 3. The Kier molecular flexibility index (Phi) is 3.96. The first-order valence-electron chi connectivity index (χ1n) is 5.78. The van der Waals surface area contributed by atoms with Gasteiger partial charge in [0.25, 0.3) is 10.0 Å². The average Bonchev–Trinajstić information content (AvgIpc) is 2.87. The number of aliphatic hydroxyl groups is 1. The highest BCUT2D eigenvalue weighted by Crippen LogP contribution is 2.28. The number of nitrogens with zero attached hydrogens (tertiary/aromatic N) is 1. The molecular formula is C12H15N3O4S. The average molecular weight is 297 g/mol. The van der Waals surface area contributed by atoms with Gasteiger partial charge in [0.2, 0.25) is 0 Å². The molecule has 7 nitrogen and oxygen atoms in total. The van der Waals surface area contributed by atoms with Gasteiger partial charge in [-0.05, 0) is 24.6 Å². The fourth-order valence-corrected chi connectivity index (χ4v) is 2.93. The number of aromatic nitrogens is 2. The van der Waals surface area contributed by atoms with Crippen LogP contribution in [-0.4, -0.2) is 30.8 Å². The van der Waals surface area contributed by atoms with Crippen molar-refractivity contribution in [2.75, 3.05) is 11.8 Å². The topological polar surface area (TPSA) is 104 Å². The summed E-state index contributed by atoms with van der Waals surface area (Å²) >= 11 is 0. The molecule has 0 spiro atoms. The van der Waals surface area contributed by atoms with Crippen LogP contribution in [0, 0.1) is 6.92 Å². The van der Waals surface area contributed by atoms with E-state index in [0.717, 1.165) is 5.56 Å². The quantitative estimate of drug-likeness (QED) is 0.764. The number of hydrogen-bond acceptors (Lipinski definition) is 5. The van der Waals surface area contributed by atoms with Crippen LogP contribution in [0.1, 0.15) is 11.1 Å². The standard InChI is InChI=1S/C12H15N3O4S/c1-8-3-4-11(19-2)10(5-8)15-20(17,18)12-9(7-16)6-13-14-12/h3-6,15-16H,7H2,1-2H3,(H,13,14). The molecule has 2 aromatic rings. The van der Waals surface area contributed by atoms with E-state index in [-0.39, 0.29) is 10.6 Å². The van der Waals surface area contributed by atoms with Crippen LogP contribution in [0.5, 0.6) is 5.75 Å². The second-order valence-corrected chi connectivity index (χ2v) is 5.81. The molecule has 8 heteroatoms. The predicted molar refractivity (Wildman–Crippen MR) is 73.1 cm³/mol. The molecule has 0 atom stereocenters. The summed E-state index contributed by atoms with van der Waals surface area (Å²) in [6.45, 7) is 1.42. The molecule has 3 N–H and O–H groups in total. The maximum Gasteiger partial charge on any atom is 0.279 e. The number of aromatic amines is 1. The Morgan fingerprint density at radius 2 is 2.20 bits per heavy atom. The molecular weight excluding hydrogens is 282 g/mol. The Bertz CT molecular complexity index is 709. The predicted octanol–water partition coefficient (Wildman–Crippen LogP) is 1.02. The molecule has 0 aliphatic carbocycles. The lowest BCUT2D eigenvalue weighted by Crippen LogP contribution is -2.16. The fourth-order valence-electron chi connectivity index (χ4n) is 1.74. The summed E-state index contributed by atoms with van der Waals surface area (Å²) in [6, 6.07) is 5.14. The van der Waals surface area contributed by atoms with Gasteiger partial charge in [-0.2, -0.15) is 13.5 Å². The smallest absolute Gasteiger partial charge is 0.279 e. The molecule has 1 aromatic heterocycles. The number of sulfonamides is 1. The molecule has 0 fully saturated rings. The van der Waals surface area contributed by atoms with Crippen molar-refractivity contribution < 1.29 is 18.3 Å². The van der Waals surface area contributed by atoms with E-state index in [0.29, 0.717) is 11.4 Å². The van der Waals surface area contributed by atoms with E-state index in [2.05, 4.69) is 14.9 Å². The van der Waals surface area contributed by atoms with E-state index in [9.17, 15) is 8.42 Å². The molecule has 2 rings (SSSR count). The van der Waals surface area contributed by atoms with Gasteiger partial charge < -0.3 is 9.84 Å². The maximum absolute atomic E-state index is 12.3. The lowest BCUT2D eigenvalue weighted by molar-refractivity contribution is 0.278. The zero-order chi connectivity index (χ0) is 14.8. The second kappa shape index (κ2) is 5.51. The Hall–Kier alpha value is -2.06. The minimum atomic E-state index is -3.87. The second-order valence-electron chi connectivity index (χ2n) is 4.19. The third-order valence-corrected chi connectivity index (χ3v) is 4.10. The third kappa shape index (κ3) is 2.75. The number of rotatable bonds is 5. The SMILES string of the molecule is COc1ccc(C)cc1NS(=O)(=O)c1[nH]ncc1CO. The van der Waals surface area contributed by atoms with Crippen molar-refractivity contribution in [3.05, 3.63) is 35.5 Å². The van der Waals surface area contributed by atoms with Gasteiger partial charge in [0.05, 0.1) is 25.6 Å². The molecule has 0 bridgehead atoms. The first-order valence-corrected chi connectivity index (χ1v) is 7.27. The molecule has 0 amide bonds.